The highest BCUT2D eigenvalue weighted by atomic mass is 16.6. The Labute approximate surface area is 156 Å². The Balaban J connectivity index is 1.56. The van der Waals surface area contributed by atoms with Crippen LogP contribution in [0.3, 0.4) is 0 Å². The molecule has 7 heteroatoms. The number of carbonyl (C=O) groups excluding carboxylic acids is 1. The van der Waals surface area contributed by atoms with E-state index in [9.17, 15) is 14.9 Å². The molecular weight excluding hydrogens is 344 g/mol. The van der Waals surface area contributed by atoms with Gasteiger partial charge in [-0.05, 0) is 31.0 Å². The molecule has 0 fully saturated rings. The van der Waals surface area contributed by atoms with Gasteiger partial charge in [0.05, 0.1) is 4.92 Å². The number of aryl methyl sites for hydroxylation is 1. The molecule has 1 amide bonds. The second kappa shape index (κ2) is 8.18. The number of hydrogen-bond acceptors (Lipinski definition) is 5. The SMILES string of the molecule is Cc1cc(C(=O)NCCc2cnc(-c3ccccc3)nc2)ccc1[N+](=O)[O-]. The van der Waals surface area contributed by atoms with Gasteiger partial charge >= 0.3 is 0 Å². The van der Waals surface area contributed by atoms with Crippen LogP contribution in [0.25, 0.3) is 11.4 Å². The van der Waals surface area contributed by atoms with Gasteiger partial charge in [0.1, 0.15) is 0 Å². The number of nitrogens with one attached hydrogen (secondary N) is 1. The zero-order valence-corrected chi connectivity index (χ0v) is 14.8. The Kier molecular flexibility index (Phi) is 5.51. The number of benzene rings is 2. The van der Waals surface area contributed by atoms with Crippen molar-refractivity contribution < 1.29 is 9.72 Å². The molecule has 2 aromatic carbocycles. The minimum Gasteiger partial charge on any atom is -0.352 e. The van der Waals surface area contributed by atoms with Gasteiger partial charge in [0, 0.05) is 41.7 Å². The summed E-state index contributed by atoms with van der Waals surface area (Å²) in [6, 6.07) is 14.0. The third-order valence-corrected chi connectivity index (χ3v) is 4.09. The largest absolute Gasteiger partial charge is 0.352 e. The van der Waals surface area contributed by atoms with Crippen molar-refractivity contribution in [1.29, 1.82) is 0 Å². The van der Waals surface area contributed by atoms with Crippen LogP contribution in [0.15, 0.2) is 60.9 Å². The fraction of sp³-hybridized carbons (Fsp3) is 0.150. The summed E-state index contributed by atoms with van der Waals surface area (Å²) < 4.78 is 0. The number of nitro benzene ring substituents is 1. The van der Waals surface area contributed by atoms with Crippen molar-refractivity contribution in [2.75, 3.05) is 6.54 Å². The van der Waals surface area contributed by atoms with E-state index in [2.05, 4.69) is 15.3 Å². The third-order valence-electron chi connectivity index (χ3n) is 4.09. The van der Waals surface area contributed by atoms with Crippen molar-refractivity contribution in [3.8, 4) is 11.4 Å². The first-order valence-corrected chi connectivity index (χ1v) is 8.44. The zero-order chi connectivity index (χ0) is 19.2. The smallest absolute Gasteiger partial charge is 0.272 e. The van der Waals surface area contributed by atoms with Crippen molar-refractivity contribution in [2.24, 2.45) is 0 Å². The molecule has 0 unspecified atom stereocenters. The van der Waals surface area contributed by atoms with E-state index in [4.69, 9.17) is 0 Å². The Morgan fingerprint density at radius 1 is 1.11 bits per heavy atom. The Morgan fingerprint density at radius 3 is 2.44 bits per heavy atom. The molecular formula is C20H18N4O3. The van der Waals surface area contributed by atoms with Crippen LogP contribution in [0.1, 0.15) is 21.5 Å². The summed E-state index contributed by atoms with van der Waals surface area (Å²) in [4.78, 5) is 31.3. The van der Waals surface area contributed by atoms with Crippen molar-refractivity contribution in [3.05, 3.63) is 87.7 Å². The highest BCUT2D eigenvalue weighted by Crippen LogP contribution is 2.18. The van der Waals surface area contributed by atoms with Gasteiger partial charge in [0.25, 0.3) is 11.6 Å². The van der Waals surface area contributed by atoms with Crippen molar-refractivity contribution in [2.45, 2.75) is 13.3 Å². The van der Waals surface area contributed by atoms with Gasteiger partial charge in [0.15, 0.2) is 5.82 Å². The van der Waals surface area contributed by atoms with E-state index >= 15 is 0 Å². The lowest BCUT2D eigenvalue weighted by Gasteiger charge is -2.07. The maximum atomic E-state index is 12.2. The predicted molar refractivity (Wildman–Crippen MR) is 101 cm³/mol. The average Bonchev–Trinajstić information content (AvgIpc) is 2.68. The molecule has 0 aliphatic heterocycles. The number of nitro groups is 1. The first-order chi connectivity index (χ1) is 13.0. The van der Waals surface area contributed by atoms with Crippen LogP contribution in [0.5, 0.6) is 0 Å². The fourth-order valence-electron chi connectivity index (χ4n) is 2.64. The summed E-state index contributed by atoms with van der Waals surface area (Å²) in [5.74, 6) is 0.388. The summed E-state index contributed by atoms with van der Waals surface area (Å²) in [6.45, 7) is 2.03. The molecule has 0 aliphatic carbocycles. The number of rotatable bonds is 6. The molecule has 0 spiro atoms. The topological polar surface area (TPSA) is 98.0 Å². The van der Waals surface area contributed by atoms with Crippen LogP contribution in [-0.4, -0.2) is 27.3 Å². The van der Waals surface area contributed by atoms with Gasteiger partial charge in [-0.1, -0.05) is 30.3 Å². The maximum absolute atomic E-state index is 12.2. The molecule has 3 rings (SSSR count). The Morgan fingerprint density at radius 2 is 1.81 bits per heavy atom. The molecule has 1 N–H and O–H groups in total. The van der Waals surface area contributed by atoms with Gasteiger partial charge < -0.3 is 5.32 Å². The lowest BCUT2D eigenvalue weighted by Crippen LogP contribution is -2.25. The zero-order valence-electron chi connectivity index (χ0n) is 14.8. The van der Waals surface area contributed by atoms with E-state index in [1.165, 1.54) is 18.2 Å². The number of amides is 1. The molecule has 0 radical (unpaired) electrons. The molecule has 3 aromatic rings. The quantitative estimate of drug-likeness (QED) is 0.536. The van der Waals surface area contributed by atoms with Crippen LogP contribution in [0.2, 0.25) is 0 Å². The van der Waals surface area contributed by atoms with Crippen molar-refractivity contribution in [1.82, 2.24) is 15.3 Å². The van der Waals surface area contributed by atoms with Crippen molar-refractivity contribution >= 4 is 11.6 Å². The molecule has 0 saturated carbocycles. The first-order valence-electron chi connectivity index (χ1n) is 8.44. The summed E-state index contributed by atoms with van der Waals surface area (Å²) in [5, 5.41) is 13.6. The predicted octanol–water partition coefficient (Wildman–Crippen LogP) is 3.33. The van der Waals surface area contributed by atoms with Crippen molar-refractivity contribution in [3.63, 3.8) is 0 Å². The van der Waals surface area contributed by atoms with E-state index in [0.29, 0.717) is 29.9 Å². The summed E-state index contributed by atoms with van der Waals surface area (Å²) in [5.41, 5.74) is 2.72. The fourth-order valence-corrected chi connectivity index (χ4v) is 2.64. The van der Waals surface area contributed by atoms with Crippen LogP contribution in [0.4, 0.5) is 5.69 Å². The average molecular weight is 362 g/mol. The highest BCUT2D eigenvalue weighted by Gasteiger charge is 2.13. The van der Waals surface area contributed by atoms with Gasteiger partial charge in [-0.2, -0.15) is 0 Å². The number of hydrogen-bond donors (Lipinski definition) is 1. The van der Waals surface area contributed by atoms with Gasteiger partial charge in [-0.15, -0.1) is 0 Å². The molecule has 0 aliphatic rings. The van der Waals surface area contributed by atoms with Crippen LogP contribution in [0, 0.1) is 17.0 Å². The Hall–Kier alpha value is -3.61. The first kappa shape index (κ1) is 18.2. The lowest BCUT2D eigenvalue weighted by molar-refractivity contribution is -0.385. The van der Waals surface area contributed by atoms with E-state index in [0.717, 1.165) is 11.1 Å². The molecule has 0 saturated heterocycles. The van der Waals surface area contributed by atoms with E-state index in [1.807, 2.05) is 30.3 Å². The van der Waals surface area contributed by atoms with Crippen LogP contribution < -0.4 is 5.32 Å². The summed E-state index contributed by atoms with van der Waals surface area (Å²) in [6.07, 6.45) is 4.09. The van der Waals surface area contributed by atoms with Gasteiger partial charge in [-0.25, -0.2) is 9.97 Å². The Bertz CT molecular complexity index is 957. The highest BCUT2D eigenvalue weighted by molar-refractivity contribution is 5.94. The number of carbonyl (C=O) groups is 1. The minimum atomic E-state index is -0.462. The van der Waals surface area contributed by atoms with Gasteiger partial charge in [0.2, 0.25) is 0 Å². The third kappa shape index (κ3) is 4.52. The van der Waals surface area contributed by atoms with Gasteiger partial charge in [-0.3, -0.25) is 14.9 Å². The minimum absolute atomic E-state index is 0.00204. The molecule has 136 valence electrons. The van der Waals surface area contributed by atoms with Crippen LogP contribution in [-0.2, 0) is 6.42 Å². The van der Waals surface area contributed by atoms with E-state index in [-0.39, 0.29) is 11.6 Å². The molecule has 7 nitrogen and oxygen atoms in total. The standard InChI is InChI=1S/C20H18N4O3/c1-14-11-17(7-8-18(14)24(26)27)20(25)21-10-9-15-12-22-19(23-13-15)16-5-3-2-4-6-16/h2-8,11-13H,9-10H2,1H3,(H,21,25). The normalized spacial score (nSPS) is 10.4. The second-order valence-corrected chi connectivity index (χ2v) is 6.05. The maximum Gasteiger partial charge on any atom is 0.272 e. The molecule has 1 aromatic heterocycles. The number of nitrogens with zero attached hydrogens (tertiary/aromatic N) is 3. The monoisotopic (exact) mass is 362 g/mol. The van der Waals surface area contributed by atoms with E-state index < -0.39 is 4.92 Å². The number of aromatic nitrogens is 2. The summed E-state index contributed by atoms with van der Waals surface area (Å²) in [7, 11) is 0. The molecule has 1 heterocycles. The van der Waals surface area contributed by atoms with Crippen LogP contribution >= 0.6 is 0 Å². The molecule has 0 bridgehead atoms. The lowest BCUT2D eigenvalue weighted by atomic mass is 10.1. The second-order valence-electron chi connectivity index (χ2n) is 6.05. The summed E-state index contributed by atoms with van der Waals surface area (Å²) >= 11 is 0. The van der Waals surface area contributed by atoms with E-state index in [1.54, 1.807) is 19.3 Å². The molecule has 0 atom stereocenters. The molecule has 27 heavy (non-hydrogen) atoms.